The second-order valence-electron chi connectivity index (χ2n) is 2.13. The van der Waals surface area contributed by atoms with Gasteiger partial charge in [-0.25, -0.2) is 8.42 Å². The molecule has 0 unspecified atom stereocenters. The van der Waals surface area contributed by atoms with Gasteiger partial charge in [-0.3, -0.25) is 0 Å². The minimum Gasteiger partial charge on any atom is -0.716 e. The molecule has 0 spiro atoms. The summed E-state index contributed by atoms with van der Waals surface area (Å²) in [5, 5.41) is 0.0989. The summed E-state index contributed by atoms with van der Waals surface area (Å²) >= 11 is 5.56. The SMILES string of the molecule is [2H]C([2H])([2H])c1cc(Cl)ccc1OS(=O)(=O)[O-].[Na+]. The molecule has 1 rings (SSSR count). The molecule has 0 aliphatic carbocycles. The van der Waals surface area contributed by atoms with Gasteiger partial charge in [0, 0.05) is 9.13 Å². The third kappa shape index (κ3) is 4.63. The monoisotopic (exact) mass is 247 g/mol. The molecule has 0 N–H and O–H groups in total. The molecule has 0 heterocycles. The Hall–Kier alpha value is 0.220. The van der Waals surface area contributed by atoms with Crippen molar-refractivity contribution < 1.29 is 50.8 Å². The van der Waals surface area contributed by atoms with Crippen LogP contribution < -0.4 is 33.7 Å². The average Bonchev–Trinajstić information content (AvgIpc) is 2.04. The van der Waals surface area contributed by atoms with Gasteiger partial charge in [-0.2, -0.15) is 0 Å². The van der Waals surface area contributed by atoms with Crippen LogP contribution in [0.2, 0.25) is 5.02 Å². The van der Waals surface area contributed by atoms with Gasteiger partial charge in [-0.05, 0) is 30.6 Å². The predicted molar refractivity (Wildman–Crippen MR) is 46.5 cm³/mol. The number of hydrogen-bond acceptors (Lipinski definition) is 4. The Bertz CT molecular complexity index is 502. The van der Waals surface area contributed by atoms with Crippen molar-refractivity contribution >= 4 is 22.0 Å². The molecule has 1 aromatic carbocycles. The van der Waals surface area contributed by atoms with E-state index in [4.69, 9.17) is 15.7 Å². The van der Waals surface area contributed by atoms with Crippen LogP contribution >= 0.6 is 11.6 Å². The van der Waals surface area contributed by atoms with Crippen LogP contribution in [-0.4, -0.2) is 13.0 Å². The molecule has 0 radical (unpaired) electrons. The van der Waals surface area contributed by atoms with E-state index in [1.165, 1.54) is 6.07 Å². The molecular weight excluding hydrogens is 239 g/mol. The molecule has 0 aromatic heterocycles. The number of hydrogen-bond donors (Lipinski definition) is 0. The summed E-state index contributed by atoms with van der Waals surface area (Å²) in [7, 11) is -5.02. The summed E-state index contributed by atoms with van der Waals surface area (Å²) in [6.07, 6.45) is 0. The molecule has 0 aliphatic heterocycles. The minimum atomic E-state index is -5.02. The number of aryl methyl sites for hydroxylation is 1. The van der Waals surface area contributed by atoms with Crippen LogP contribution in [0.1, 0.15) is 9.68 Å². The zero-order valence-electron chi connectivity index (χ0n) is 10.2. The molecule has 0 bridgehead atoms. The fourth-order valence-electron chi connectivity index (χ4n) is 0.685. The molecule has 0 saturated heterocycles. The van der Waals surface area contributed by atoms with Crippen molar-refractivity contribution in [2.45, 2.75) is 6.85 Å². The maximum absolute atomic E-state index is 10.4. The first-order valence-electron chi connectivity index (χ1n) is 4.55. The van der Waals surface area contributed by atoms with Gasteiger partial charge in [-0.1, -0.05) is 11.6 Å². The molecule has 4 nitrogen and oxygen atoms in total. The number of rotatable bonds is 2. The third-order valence-electron chi connectivity index (χ3n) is 1.13. The number of halogens is 1. The molecule has 0 fully saturated rings. The van der Waals surface area contributed by atoms with E-state index in [1.807, 2.05) is 0 Å². The second-order valence-corrected chi connectivity index (χ2v) is 3.55. The summed E-state index contributed by atoms with van der Waals surface area (Å²) in [6.45, 7) is -2.62. The maximum Gasteiger partial charge on any atom is 1.00 e. The topological polar surface area (TPSA) is 66.4 Å². The van der Waals surface area contributed by atoms with Crippen molar-refractivity contribution in [2.75, 3.05) is 0 Å². The van der Waals surface area contributed by atoms with E-state index < -0.39 is 28.6 Å². The Morgan fingerprint density at radius 2 is 2.21 bits per heavy atom. The first kappa shape index (κ1) is 9.45. The minimum absolute atomic E-state index is 0. The first-order valence-corrected chi connectivity index (χ1v) is 4.76. The Kier molecular flexibility index (Phi) is 3.61. The van der Waals surface area contributed by atoms with E-state index in [2.05, 4.69) is 4.18 Å². The summed E-state index contributed by atoms with van der Waals surface area (Å²) in [5.74, 6) is -0.542. The van der Waals surface area contributed by atoms with Crippen LogP contribution in [0.3, 0.4) is 0 Å². The van der Waals surface area contributed by atoms with Gasteiger partial charge in [0.15, 0.2) is 0 Å². The van der Waals surface area contributed by atoms with Gasteiger partial charge >= 0.3 is 29.6 Å². The number of benzene rings is 1. The van der Waals surface area contributed by atoms with Crippen molar-refractivity contribution in [1.82, 2.24) is 0 Å². The quantitative estimate of drug-likeness (QED) is 0.362. The van der Waals surface area contributed by atoms with Gasteiger partial charge in [0.25, 0.3) is 10.4 Å². The molecule has 0 atom stereocenters. The fraction of sp³-hybridized carbons (Fsp3) is 0.143. The average molecular weight is 248 g/mol. The zero-order chi connectivity index (χ0) is 12.6. The van der Waals surface area contributed by atoms with Crippen LogP contribution in [-0.2, 0) is 10.4 Å². The molecule has 1 aromatic rings. The zero-order valence-corrected chi connectivity index (χ0v) is 10.7. The maximum atomic E-state index is 10.4. The van der Waals surface area contributed by atoms with Gasteiger partial charge in [0.2, 0.25) is 0 Å². The molecule has 14 heavy (non-hydrogen) atoms. The van der Waals surface area contributed by atoms with Crippen molar-refractivity contribution in [2.24, 2.45) is 0 Å². The van der Waals surface area contributed by atoms with Gasteiger partial charge < -0.3 is 8.74 Å². The molecule has 0 saturated carbocycles. The Labute approximate surface area is 114 Å². The molecule has 0 aliphatic rings. The predicted octanol–water partition coefficient (Wildman–Crippen LogP) is -1.51. The van der Waals surface area contributed by atoms with Crippen molar-refractivity contribution in [3.63, 3.8) is 0 Å². The molecular formula is C7H6ClNaO4S. The van der Waals surface area contributed by atoms with E-state index in [0.717, 1.165) is 12.1 Å². The van der Waals surface area contributed by atoms with Crippen molar-refractivity contribution in [3.05, 3.63) is 28.8 Å². The third-order valence-corrected chi connectivity index (χ3v) is 1.75. The van der Waals surface area contributed by atoms with Crippen LogP contribution in [0.4, 0.5) is 0 Å². The van der Waals surface area contributed by atoms with E-state index in [-0.39, 0.29) is 34.6 Å². The van der Waals surface area contributed by atoms with E-state index in [9.17, 15) is 13.0 Å². The normalized spacial score (nSPS) is 14.6. The Morgan fingerprint density at radius 3 is 2.71 bits per heavy atom. The van der Waals surface area contributed by atoms with E-state index in [1.54, 1.807) is 0 Å². The standard InChI is InChI=1S/C7H7ClO4S.Na/c1-5-4-6(8)2-3-7(5)12-13(9,10)11;/h2-4H,1H3,(H,9,10,11);/q;+1/p-1/i1D3;. The van der Waals surface area contributed by atoms with Gasteiger partial charge in [0.1, 0.15) is 5.75 Å². The second kappa shape index (κ2) is 5.34. The first-order chi connectivity index (χ1) is 7.09. The molecule has 0 amide bonds. The van der Waals surface area contributed by atoms with Gasteiger partial charge in [0.05, 0.1) is 0 Å². The van der Waals surface area contributed by atoms with E-state index >= 15 is 0 Å². The summed E-state index contributed by atoms with van der Waals surface area (Å²) in [5.41, 5.74) is -0.431. The van der Waals surface area contributed by atoms with Crippen molar-refractivity contribution in [1.29, 1.82) is 0 Å². The van der Waals surface area contributed by atoms with Crippen LogP contribution in [0, 0.1) is 6.85 Å². The Morgan fingerprint density at radius 1 is 1.57 bits per heavy atom. The summed E-state index contributed by atoms with van der Waals surface area (Å²) in [6, 6.07) is 3.26. The smallest absolute Gasteiger partial charge is 0.716 e. The van der Waals surface area contributed by atoms with Crippen LogP contribution in [0.15, 0.2) is 18.2 Å². The van der Waals surface area contributed by atoms with Crippen molar-refractivity contribution in [3.8, 4) is 5.75 Å². The molecule has 72 valence electrons. The van der Waals surface area contributed by atoms with Gasteiger partial charge in [-0.15, -0.1) is 0 Å². The van der Waals surface area contributed by atoms with E-state index in [0.29, 0.717) is 0 Å². The Balaban J connectivity index is 0.00000256. The van der Waals surface area contributed by atoms with Crippen LogP contribution in [0.25, 0.3) is 0 Å². The molecule has 7 heteroatoms. The van der Waals surface area contributed by atoms with Crippen LogP contribution in [0.5, 0.6) is 5.75 Å². The fourth-order valence-corrected chi connectivity index (χ4v) is 1.22. The summed E-state index contributed by atoms with van der Waals surface area (Å²) in [4.78, 5) is 0. The largest absolute Gasteiger partial charge is 1.00 e. The summed E-state index contributed by atoms with van der Waals surface area (Å²) < 4.78 is 56.5.